The van der Waals surface area contributed by atoms with Gasteiger partial charge in [-0.3, -0.25) is 0 Å². The number of carboxylic acid groups (broad SMARTS) is 1. The highest BCUT2D eigenvalue weighted by atomic mass is 35.5. The second-order valence-corrected chi connectivity index (χ2v) is 6.16. The standard InChI is InChI=1S/C14H13ClFNO2S/c1-7(2)12-13(14(18)19)20-10(17-12)6-8-4-3-5-9(15)11(8)16/h3-5,7H,6H2,1-2H3,(H,18,19). The molecular formula is C14H13ClFNO2S. The Balaban J connectivity index is 2.37. The predicted octanol–water partition coefficient (Wildman–Crippen LogP) is 4.35. The first kappa shape index (κ1) is 14.9. The normalized spacial score (nSPS) is 11.1. The fraction of sp³-hybridized carbons (Fsp3) is 0.286. The van der Waals surface area contributed by atoms with Gasteiger partial charge in [0.05, 0.1) is 15.7 Å². The van der Waals surface area contributed by atoms with Crippen LogP contribution in [0.25, 0.3) is 0 Å². The summed E-state index contributed by atoms with van der Waals surface area (Å²) >= 11 is 6.82. The zero-order chi connectivity index (χ0) is 14.9. The van der Waals surface area contributed by atoms with Gasteiger partial charge in [0.25, 0.3) is 0 Å². The smallest absolute Gasteiger partial charge is 0.347 e. The first-order valence-electron chi connectivity index (χ1n) is 6.06. The van der Waals surface area contributed by atoms with E-state index >= 15 is 0 Å². The Hall–Kier alpha value is -1.46. The van der Waals surface area contributed by atoms with Crippen molar-refractivity contribution in [3.63, 3.8) is 0 Å². The van der Waals surface area contributed by atoms with E-state index in [0.29, 0.717) is 16.3 Å². The second-order valence-electron chi connectivity index (χ2n) is 4.67. The van der Waals surface area contributed by atoms with E-state index in [1.165, 1.54) is 6.07 Å². The summed E-state index contributed by atoms with van der Waals surface area (Å²) in [4.78, 5) is 15.7. The summed E-state index contributed by atoms with van der Waals surface area (Å²) in [6.45, 7) is 3.76. The number of nitrogens with zero attached hydrogens (tertiary/aromatic N) is 1. The average molecular weight is 314 g/mol. The Morgan fingerprint density at radius 2 is 2.20 bits per heavy atom. The quantitative estimate of drug-likeness (QED) is 0.913. The maximum atomic E-state index is 13.8. The molecule has 106 valence electrons. The van der Waals surface area contributed by atoms with Crippen LogP contribution in [0.15, 0.2) is 18.2 Å². The minimum atomic E-state index is -0.996. The molecule has 0 atom stereocenters. The highest BCUT2D eigenvalue weighted by Crippen LogP contribution is 2.28. The Bertz CT molecular complexity index is 655. The van der Waals surface area contributed by atoms with Crippen molar-refractivity contribution in [3.05, 3.63) is 50.2 Å². The molecule has 20 heavy (non-hydrogen) atoms. The van der Waals surface area contributed by atoms with Crippen LogP contribution in [0.1, 0.15) is 45.7 Å². The number of benzene rings is 1. The van der Waals surface area contributed by atoms with E-state index in [1.807, 2.05) is 13.8 Å². The summed E-state index contributed by atoms with van der Waals surface area (Å²) in [5, 5.41) is 9.80. The van der Waals surface area contributed by atoms with Gasteiger partial charge in [-0.25, -0.2) is 14.2 Å². The number of thiazole rings is 1. The third-order valence-corrected chi connectivity index (χ3v) is 4.16. The van der Waals surface area contributed by atoms with Crippen molar-refractivity contribution in [2.24, 2.45) is 0 Å². The lowest BCUT2D eigenvalue weighted by Crippen LogP contribution is -2.00. The van der Waals surface area contributed by atoms with Gasteiger partial charge >= 0.3 is 5.97 Å². The molecule has 0 saturated heterocycles. The molecule has 0 radical (unpaired) electrons. The number of aromatic carboxylic acids is 1. The van der Waals surface area contributed by atoms with Gasteiger partial charge in [-0.1, -0.05) is 37.6 Å². The molecule has 0 aliphatic heterocycles. The summed E-state index contributed by atoms with van der Waals surface area (Å²) in [6, 6.07) is 4.76. The van der Waals surface area contributed by atoms with Gasteiger partial charge in [0.15, 0.2) is 0 Å². The third kappa shape index (κ3) is 2.99. The van der Waals surface area contributed by atoms with Crippen LogP contribution in [0.3, 0.4) is 0 Å². The number of halogens is 2. The second kappa shape index (κ2) is 5.89. The lowest BCUT2D eigenvalue weighted by molar-refractivity contribution is 0.0700. The molecule has 6 heteroatoms. The summed E-state index contributed by atoms with van der Waals surface area (Å²) < 4.78 is 13.8. The van der Waals surface area contributed by atoms with Crippen LogP contribution < -0.4 is 0 Å². The summed E-state index contributed by atoms with van der Waals surface area (Å²) in [5.41, 5.74) is 0.957. The summed E-state index contributed by atoms with van der Waals surface area (Å²) in [6.07, 6.45) is 0.240. The SMILES string of the molecule is CC(C)c1nc(Cc2cccc(Cl)c2F)sc1C(=O)O. The molecule has 1 N–H and O–H groups in total. The van der Waals surface area contributed by atoms with E-state index in [2.05, 4.69) is 4.98 Å². The Morgan fingerprint density at radius 3 is 2.75 bits per heavy atom. The molecule has 0 aliphatic carbocycles. The lowest BCUT2D eigenvalue weighted by atomic mass is 10.1. The Kier molecular flexibility index (Phi) is 4.40. The number of carboxylic acids is 1. The van der Waals surface area contributed by atoms with Crippen molar-refractivity contribution in [1.29, 1.82) is 0 Å². The van der Waals surface area contributed by atoms with Crippen molar-refractivity contribution in [2.75, 3.05) is 0 Å². The first-order valence-corrected chi connectivity index (χ1v) is 7.25. The van der Waals surface area contributed by atoms with E-state index in [0.717, 1.165) is 11.3 Å². The van der Waals surface area contributed by atoms with Crippen LogP contribution >= 0.6 is 22.9 Å². The maximum Gasteiger partial charge on any atom is 0.347 e. The minimum Gasteiger partial charge on any atom is -0.477 e. The molecule has 2 aromatic rings. The fourth-order valence-electron chi connectivity index (χ4n) is 1.85. The molecule has 0 aliphatic rings. The van der Waals surface area contributed by atoms with E-state index in [4.69, 9.17) is 16.7 Å². The van der Waals surface area contributed by atoms with Gasteiger partial charge in [0.1, 0.15) is 10.7 Å². The minimum absolute atomic E-state index is 0.00954. The van der Waals surface area contributed by atoms with Gasteiger partial charge in [0.2, 0.25) is 0 Å². The molecule has 2 rings (SSSR count). The third-order valence-electron chi connectivity index (χ3n) is 2.81. The zero-order valence-corrected chi connectivity index (χ0v) is 12.6. The van der Waals surface area contributed by atoms with Gasteiger partial charge in [-0.15, -0.1) is 11.3 Å². The Labute approximate surface area is 125 Å². The van der Waals surface area contributed by atoms with Gasteiger partial charge < -0.3 is 5.11 Å². The molecule has 1 aromatic carbocycles. The molecule has 3 nitrogen and oxygen atoms in total. The van der Waals surface area contributed by atoms with Gasteiger partial charge in [-0.05, 0) is 17.5 Å². The number of hydrogen-bond donors (Lipinski definition) is 1. The van der Waals surface area contributed by atoms with Crippen LogP contribution in [0, 0.1) is 5.82 Å². The average Bonchev–Trinajstić information content (AvgIpc) is 2.79. The molecule has 0 saturated carbocycles. The van der Waals surface area contributed by atoms with Crippen molar-refractivity contribution < 1.29 is 14.3 Å². The lowest BCUT2D eigenvalue weighted by Gasteiger charge is -2.02. The molecule has 0 spiro atoms. The first-order chi connectivity index (χ1) is 9.40. The molecule has 1 aromatic heterocycles. The molecule has 1 heterocycles. The van der Waals surface area contributed by atoms with Crippen molar-refractivity contribution in [1.82, 2.24) is 4.98 Å². The molecule has 0 fully saturated rings. The van der Waals surface area contributed by atoms with Crippen LogP contribution in [0.2, 0.25) is 5.02 Å². The monoisotopic (exact) mass is 313 g/mol. The van der Waals surface area contributed by atoms with Crippen LogP contribution in [0.5, 0.6) is 0 Å². The van der Waals surface area contributed by atoms with E-state index in [1.54, 1.807) is 12.1 Å². The maximum absolute atomic E-state index is 13.8. The number of carbonyl (C=O) groups is 1. The highest BCUT2D eigenvalue weighted by molar-refractivity contribution is 7.13. The van der Waals surface area contributed by atoms with Crippen LogP contribution in [-0.2, 0) is 6.42 Å². The summed E-state index contributed by atoms with van der Waals surface area (Å²) in [5.74, 6) is -1.47. The number of rotatable bonds is 4. The Morgan fingerprint density at radius 1 is 1.50 bits per heavy atom. The van der Waals surface area contributed by atoms with Gasteiger partial charge in [-0.2, -0.15) is 0 Å². The van der Waals surface area contributed by atoms with Gasteiger partial charge in [0, 0.05) is 6.42 Å². The number of hydrogen-bond acceptors (Lipinski definition) is 3. The van der Waals surface area contributed by atoms with E-state index < -0.39 is 11.8 Å². The predicted molar refractivity (Wildman–Crippen MR) is 77.4 cm³/mol. The van der Waals surface area contributed by atoms with Crippen molar-refractivity contribution in [2.45, 2.75) is 26.2 Å². The molecule has 0 bridgehead atoms. The van der Waals surface area contributed by atoms with E-state index in [-0.39, 0.29) is 22.2 Å². The summed E-state index contributed by atoms with van der Waals surface area (Å²) in [7, 11) is 0. The highest BCUT2D eigenvalue weighted by Gasteiger charge is 2.20. The van der Waals surface area contributed by atoms with Crippen molar-refractivity contribution in [3.8, 4) is 0 Å². The molecule has 0 amide bonds. The van der Waals surface area contributed by atoms with Crippen molar-refractivity contribution >= 4 is 28.9 Å². The topological polar surface area (TPSA) is 50.2 Å². The number of aromatic nitrogens is 1. The van der Waals surface area contributed by atoms with Crippen LogP contribution in [-0.4, -0.2) is 16.1 Å². The molecule has 0 unspecified atom stereocenters. The largest absolute Gasteiger partial charge is 0.477 e. The van der Waals surface area contributed by atoms with E-state index in [9.17, 15) is 9.18 Å². The molecular weight excluding hydrogens is 301 g/mol. The zero-order valence-electron chi connectivity index (χ0n) is 11.0. The fourth-order valence-corrected chi connectivity index (χ4v) is 3.12. The van der Waals surface area contributed by atoms with Crippen LogP contribution in [0.4, 0.5) is 4.39 Å².